The van der Waals surface area contributed by atoms with Crippen molar-refractivity contribution in [3.05, 3.63) is 29.8 Å². The molecule has 0 unspecified atom stereocenters. The molecule has 1 aromatic carbocycles. The van der Waals surface area contributed by atoms with Gasteiger partial charge in [0.05, 0.1) is 6.10 Å². The molecule has 2 fully saturated rings. The molecule has 25 heavy (non-hydrogen) atoms. The fourth-order valence-corrected chi connectivity index (χ4v) is 4.28. The smallest absolute Gasteiger partial charge is 0.406 e. The molecule has 1 aliphatic carbocycles. The van der Waals surface area contributed by atoms with Crippen LogP contribution in [0.25, 0.3) is 0 Å². The van der Waals surface area contributed by atoms with E-state index in [-0.39, 0.29) is 28.7 Å². The van der Waals surface area contributed by atoms with Gasteiger partial charge in [-0.25, -0.2) is 0 Å². The van der Waals surface area contributed by atoms with Gasteiger partial charge in [-0.3, -0.25) is 4.79 Å². The zero-order valence-electron chi connectivity index (χ0n) is 14.1. The van der Waals surface area contributed by atoms with Gasteiger partial charge in [-0.15, -0.1) is 13.2 Å². The van der Waals surface area contributed by atoms with Crippen molar-refractivity contribution >= 4 is 5.91 Å². The predicted octanol–water partition coefficient (Wildman–Crippen LogP) is 4.01. The molecule has 7 heteroatoms. The summed E-state index contributed by atoms with van der Waals surface area (Å²) in [5.74, 6) is -0.630. The molecule has 2 atom stereocenters. The molecule has 1 aromatic rings. The lowest BCUT2D eigenvalue weighted by Crippen LogP contribution is -2.49. The number of hydrogen-bond acceptors (Lipinski definition) is 3. The standard InChI is InChI=1S/C18H22F3NO3/c1-24-15-7-3-8-17(15)9-4-10-22(12-17)16(23)13-5-2-6-14(11-13)25-18(19,20)21/h2,5-6,11,15H,3-4,7-10,12H2,1H3/t15-,17-/m1/s1. The highest BCUT2D eigenvalue weighted by atomic mass is 19.4. The van der Waals surface area contributed by atoms with Gasteiger partial charge in [-0.05, 0) is 43.9 Å². The number of rotatable bonds is 3. The zero-order chi connectivity index (χ0) is 18.1. The Morgan fingerprint density at radius 2 is 2.04 bits per heavy atom. The average molecular weight is 357 g/mol. The minimum atomic E-state index is -4.77. The van der Waals surface area contributed by atoms with Crippen LogP contribution in [0.4, 0.5) is 13.2 Å². The zero-order valence-corrected chi connectivity index (χ0v) is 14.1. The van der Waals surface area contributed by atoms with Crippen molar-refractivity contribution in [1.82, 2.24) is 4.90 Å². The molecular weight excluding hydrogens is 335 g/mol. The molecule has 1 saturated heterocycles. The third-order valence-corrected chi connectivity index (χ3v) is 5.32. The number of ether oxygens (including phenoxy) is 2. The summed E-state index contributed by atoms with van der Waals surface area (Å²) in [7, 11) is 1.70. The first kappa shape index (κ1) is 18.0. The molecule has 0 radical (unpaired) electrons. The largest absolute Gasteiger partial charge is 0.573 e. The molecule has 3 rings (SSSR count). The van der Waals surface area contributed by atoms with Crippen LogP contribution < -0.4 is 4.74 Å². The molecule has 4 nitrogen and oxygen atoms in total. The molecule has 1 spiro atoms. The Bertz CT molecular complexity index is 634. The number of nitrogens with zero attached hydrogens (tertiary/aromatic N) is 1. The predicted molar refractivity (Wildman–Crippen MR) is 85.3 cm³/mol. The summed E-state index contributed by atoms with van der Waals surface area (Å²) >= 11 is 0. The lowest BCUT2D eigenvalue weighted by molar-refractivity contribution is -0.274. The van der Waals surface area contributed by atoms with Crippen LogP contribution in [0.15, 0.2) is 24.3 Å². The van der Waals surface area contributed by atoms with Crippen LogP contribution in [0.3, 0.4) is 0 Å². The van der Waals surface area contributed by atoms with Crippen LogP contribution in [-0.2, 0) is 4.74 Å². The highest BCUT2D eigenvalue weighted by Crippen LogP contribution is 2.46. The van der Waals surface area contributed by atoms with Gasteiger partial charge in [0.15, 0.2) is 0 Å². The van der Waals surface area contributed by atoms with Crippen molar-refractivity contribution < 1.29 is 27.4 Å². The Kier molecular flexibility index (Phi) is 4.95. The molecule has 0 aromatic heterocycles. The summed E-state index contributed by atoms with van der Waals surface area (Å²) in [6.45, 7) is 1.20. The second-order valence-electron chi connectivity index (χ2n) is 6.88. The first-order valence-corrected chi connectivity index (χ1v) is 8.51. The third-order valence-electron chi connectivity index (χ3n) is 5.32. The number of likely N-dealkylation sites (tertiary alicyclic amines) is 1. The third kappa shape index (κ3) is 3.92. The number of methoxy groups -OCH3 is 1. The topological polar surface area (TPSA) is 38.8 Å². The van der Waals surface area contributed by atoms with Gasteiger partial charge in [0, 0.05) is 31.2 Å². The quantitative estimate of drug-likeness (QED) is 0.821. The van der Waals surface area contributed by atoms with Crippen molar-refractivity contribution in [2.24, 2.45) is 5.41 Å². The molecule has 0 N–H and O–H groups in total. The lowest BCUT2D eigenvalue weighted by atomic mass is 9.76. The molecule has 1 heterocycles. The number of carbonyl (C=O) groups is 1. The monoisotopic (exact) mass is 357 g/mol. The Hall–Kier alpha value is -1.76. The van der Waals surface area contributed by atoms with Crippen LogP contribution >= 0.6 is 0 Å². The second kappa shape index (κ2) is 6.86. The molecule has 2 aliphatic rings. The maximum atomic E-state index is 12.8. The van der Waals surface area contributed by atoms with E-state index in [0.29, 0.717) is 13.1 Å². The van der Waals surface area contributed by atoms with Crippen molar-refractivity contribution in [1.29, 1.82) is 0 Å². The molecule has 0 bridgehead atoms. The average Bonchev–Trinajstić information content (AvgIpc) is 2.94. The summed E-state index contributed by atoms with van der Waals surface area (Å²) in [5, 5.41) is 0. The normalized spacial score (nSPS) is 26.9. The van der Waals surface area contributed by atoms with Crippen molar-refractivity contribution in [2.45, 2.75) is 44.6 Å². The summed E-state index contributed by atoms with van der Waals surface area (Å²) in [4.78, 5) is 14.5. The number of piperidine rings is 1. The van der Waals surface area contributed by atoms with Crippen LogP contribution in [0.5, 0.6) is 5.75 Å². The number of alkyl halides is 3. The highest BCUT2D eigenvalue weighted by molar-refractivity contribution is 5.94. The fourth-order valence-electron chi connectivity index (χ4n) is 4.28. The number of hydrogen-bond donors (Lipinski definition) is 0. The van der Waals surface area contributed by atoms with E-state index in [1.54, 1.807) is 12.0 Å². The van der Waals surface area contributed by atoms with Gasteiger partial charge in [0.1, 0.15) is 5.75 Å². The SMILES string of the molecule is CO[C@@H]1CCC[C@]12CCCN(C(=O)c1cccc(OC(F)(F)F)c1)C2. The maximum Gasteiger partial charge on any atom is 0.573 e. The van der Waals surface area contributed by atoms with E-state index in [4.69, 9.17) is 4.74 Å². The van der Waals surface area contributed by atoms with Crippen molar-refractivity contribution in [2.75, 3.05) is 20.2 Å². The maximum absolute atomic E-state index is 12.8. The van der Waals surface area contributed by atoms with Crippen LogP contribution in [0, 0.1) is 5.41 Å². The van der Waals surface area contributed by atoms with E-state index in [1.165, 1.54) is 18.2 Å². The van der Waals surface area contributed by atoms with E-state index in [9.17, 15) is 18.0 Å². The Labute approximate surface area is 144 Å². The van der Waals surface area contributed by atoms with E-state index >= 15 is 0 Å². The molecule has 1 saturated carbocycles. The summed E-state index contributed by atoms with van der Waals surface area (Å²) in [5.41, 5.74) is 0.189. The summed E-state index contributed by atoms with van der Waals surface area (Å²) in [6.07, 6.45) is 0.363. The van der Waals surface area contributed by atoms with Crippen molar-refractivity contribution in [3.63, 3.8) is 0 Å². The van der Waals surface area contributed by atoms with Gasteiger partial charge < -0.3 is 14.4 Å². The van der Waals surface area contributed by atoms with Crippen LogP contribution in [0.2, 0.25) is 0 Å². The van der Waals surface area contributed by atoms with Crippen molar-refractivity contribution in [3.8, 4) is 5.75 Å². The Balaban J connectivity index is 1.75. The van der Waals surface area contributed by atoms with E-state index in [1.807, 2.05) is 0 Å². The number of halogens is 3. The van der Waals surface area contributed by atoms with Crippen LogP contribution in [0.1, 0.15) is 42.5 Å². The van der Waals surface area contributed by atoms with E-state index < -0.39 is 6.36 Å². The van der Waals surface area contributed by atoms with Gasteiger partial charge in [0.2, 0.25) is 0 Å². The first-order chi connectivity index (χ1) is 11.8. The second-order valence-corrected chi connectivity index (χ2v) is 6.88. The van der Waals surface area contributed by atoms with Gasteiger partial charge >= 0.3 is 6.36 Å². The van der Waals surface area contributed by atoms with Gasteiger partial charge in [-0.2, -0.15) is 0 Å². The lowest BCUT2D eigenvalue weighted by Gasteiger charge is -2.43. The minimum absolute atomic E-state index is 0.0251. The van der Waals surface area contributed by atoms with Crippen LogP contribution in [-0.4, -0.2) is 43.5 Å². The number of carbonyl (C=O) groups excluding carboxylic acids is 1. The molecule has 138 valence electrons. The molecule has 1 aliphatic heterocycles. The first-order valence-electron chi connectivity index (χ1n) is 8.51. The highest BCUT2D eigenvalue weighted by Gasteiger charge is 2.46. The number of amides is 1. The Morgan fingerprint density at radius 1 is 1.28 bits per heavy atom. The van der Waals surface area contributed by atoms with E-state index in [0.717, 1.165) is 38.2 Å². The minimum Gasteiger partial charge on any atom is -0.406 e. The fraction of sp³-hybridized carbons (Fsp3) is 0.611. The molecular formula is C18H22F3NO3. The van der Waals surface area contributed by atoms with Gasteiger partial charge in [0.25, 0.3) is 5.91 Å². The summed E-state index contributed by atoms with van der Waals surface area (Å²) in [6, 6.07) is 5.27. The van der Waals surface area contributed by atoms with E-state index in [2.05, 4.69) is 4.74 Å². The number of benzene rings is 1. The van der Waals surface area contributed by atoms with Gasteiger partial charge in [-0.1, -0.05) is 12.5 Å². The Morgan fingerprint density at radius 3 is 2.76 bits per heavy atom. The summed E-state index contributed by atoms with van der Waals surface area (Å²) < 4.78 is 46.7. The molecule has 1 amide bonds.